The average molecular weight is 472 g/mol. The summed E-state index contributed by atoms with van der Waals surface area (Å²) in [4.78, 5) is 42.3. The average Bonchev–Trinajstić information content (AvgIpc) is 2.77. The van der Waals surface area contributed by atoms with Crippen LogP contribution in [0.3, 0.4) is 0 Å². The van der Waals surface area contributed by atoms with E-state index in [1.807, 2.05) is 0 Å². The Hall–Kier alpha value is -4.60. The molecule has 0 radical (unpaired) electrons. The molecule has 0 heterocycles. The van der Waals surface area contributed by atoms with Crippen LogP contribution in [0, 0.1) is 0 Å². The first kappa shape index (κ1) is 27.4. The van der Waals surface area contributed by atoms with Crippen LogP contribution in [0.4, 0.5) is 0 Å². The van der Waals surface area contributed by atoms with Gasteiger partial charge >= 0.3 is 23.9 Å². The SMILES string of the molecule is COc1cc(C=CC(=O)O)ccc1OC(C)=O.COc1cc(C=CC(=O)O)ccc1OC(C)=O. The summed E-state index contributed by atoms with van der Waals surface area (Å²) >= 11 is 0. The molecule has 0 atom stereocenters. The molecule has 0 bridgehead atoms. The number of carbonyl (C=O) groups is 4. The van der Waals surface area contributed by atoms with Crippen LogP contribution < -0.4 is 18.9 Å². The summed E-state index contributed by atoms with van der Waals surface area (Å²) in [7, 11) is 2.88. The van der Waals surface area contributed by atoms with E-state index in [9.17, 15) is 19.2 Å². The van der Waals surface area contributed by atoms with Crippen molar-refractivity contribution in [3.05, 3.63) is 59.7 Å². The van der Waals surface area contributed by atoms with Gasteiger partial charge in [0.1, 0.15) is 0 Å². The van der Waals surface area contributed by atoms with Crippen molar-refractivity contribution in [1.29, 1.82) is 0 Å². The predicted molar refractivity (Wildman–Crippen MR) is 122 cm³/mol. The van der Waals surface area contributed by atoms with E-state index in [4.69, 9.17) is 29.2 Å². The molecule has 34 heavy (non-hydrogen) atoms. The number of carboxylic acids is 2. The monoisotopic (exact) mass is 472 g/mol. The van der Waals surface area contributed by atoms with Crippen LogP contribution >= 0.6 is 0 Å². The smallest absolute Gasteiger partial charge is 0.328 e. The zero-order chi connectivity index (χ0) is 25.7. The van der Waals surface area contributed by atoms with Gasteiger partial charge < -0.3 is 29.2 Å². The molecule has 10 heteroatoms. The highest BCUT2D eigenvalue weighted by molar-refractivity contribution is 5.86. The highest BCUT2D eigenvalue weighted by Crippen LogP contribution is 2.29. The molecule has 2 aromatic rings. The van der Waals surface area contributed by atoms with Crippen molar-refractivity contribution in [3.63, 3.8) is 0 Å². The van der Waals surface area contributed by atoms with Crippen molar-refractivity contribution in [2.75, 3.05) is 14.2 Å². The molecule has 0 saturated heterocycles. The van der Waals surface area contributed by atoms with E-state index in [0.29, 0.717) is 34.1 Å². The number of methoxy groups -OCH3 is 2. The number of aliphatic carboxylic acids is 2. The lowest BCUT2D eigenvalue weighted by Gasteiger charge is -2.08. The molecule has 0 aromatic heterocycles. The Labute approximate surface area is 195 Å². The molecular formula is C24H24O10. The number of ether oxygens (including phenoxy) is 4. The van der Waals surface area contributed by atoms with E-state index >= 15 is 0 Å². The predicted octanol–water partition coefficient (Wildman–Crippen LogP) is 3.44. The van der Waals surface area contributed by atoms with Crippen LogP contribution in [-0.4, -0.2) is 48.3 Å². The van der Waals surface area contributed by atoms with Crippen molar-refractivity contribution >= 4 is 36.0 Å². The Kier molecular flexibility index (Phi) is 11.1. The largest absolute Gasteiger partial charge is 0.493 e. The van der Waals surface area contributed by atoms with Gasteiger partial charge in [-0.3, -0.25) is 9.59 Å². The third-order valence-corrected chi connectivity index (χ3v) is 3.72. The summed E-state index contributed by atoms with van der Waals surface area (Å²) in [5, 5.41) is 17.0. The molecule has 0 aliphatic rings. The van der Waals surface area contributed by atoms with Gasteiger partial charge in [0.2, 0.25) is 0 Å². The van der Waals surface area contributed by atoms with Crippen molar-refractivity contribution in [1.82, 2.24) is 0 Å². The summed E-state index contributed by atoms with van der Waals surface area (Å²) in [6.45, 7) is 2.58. The Balaban J connectivity index is 0.000000340. The molecule has 2 N–H and O–H groups in total. The maximum absolute atomic E-state index is 10.8. The van der Waals surface area contributed by atoms with Gasteiger partial charge in [-0.15, -0.1) is 0 Å². The van der Waals surface area contributed by atoms with Gasteiger partial charge in [0.05, 0.1) is 14.2 Å². The zero-order valence-electron chi connectivity index (χ0n) is 18.9. The van der Waals surface area contributed by atoms with Gasteiger partial charge in [0, 0.05) is 26.0 Å². The molecule has 0 fully saturated rings. The third-order valence-electron chi connectivity index (χ3n) is 3.72. The quantitative estimate of drug-likeness (QED) is 0.333. The van der Waals surface area contributed by atoms with Crippen LogP contribution in [-0.2, 0) is 19.2 Å². The Morgan fingerprint density at radius 2 is 1.00 bits per heavy atom. The van der Waals surface area contributed by atoms with Gasteiger partial charge in [-0.2, -0.15) is 0 Å². The lowest BCUT2D eigenvalue weighted by atomic mass is 10.2. The topological polar surface area (TPSA) is 146 Å². The minimum atomic E-state index is -1.03. The third kappa shape index (κ3) is 10.1. The highest BCUT2D eigenvalue weighted by atomic mass is 16.6. The van der Waals surface area contributed by atoms with Gasteiger partial charge in [0.15, 0.2) is 23.0 Å². The zero-order valence-corrected chi connectivity index (χ0v) is 18.9. The van der Waals surface area contributed by atoms with Crippen LogP contribution in [0.5, 0.6) is 23.0 Å². The number of hydrogen-bond donors (Lipinski definition) is 2. The molecule has 0 spiro atoms. The van der Waals surface area contributed by atoms with Crippen LogP contribution in [0.1, 0.15) is 25.0 Å². The van der Waals surface area contributed by atoms with E-state index in [0.717, 1.165) is 12.2 Å². The lowest BCUT2D eigenvalue weighted by molar-refractivity contribution is -0.132. The lowest BCUT2D eigenvalue weighted by Crippen LogP contribution is -2.03. The highest BCUT2D eigenvalue weighted by Gasteiger charge is 2.08. The fourth-order valence-electron chi connectivity index (χ4n) is 2.39. The normalized spacial score (nSPS) is 10.2. The van der Waals surface area contributed by atoms with E-state index in [1.54, 1.807) is 36.4 Å². The molecule has 0 saturated carbocycles. The minimum absolute atomic E-state index is 0.299. The maximum atomic E-state index is 10.8. The molecule has 0 unspecified atom stereocenters. The second-order valence-electron chi connectivity index (χ2n) is 6.35. The first-order chi connectivity index (χ1) is 16.0. The fourth-order valence-corrected chi connectivity index (χ4v) is 2.39. The maximum Gasteiger partial charge on any atom is 0.328 e. The van der Waals surface area contributed by atoms with E-state index in [-0.39, 0.29) is 0 Å². The molecule has 180 valence electrons. The first-order valence-electron chi connectivity index (χ1n) is 9.60. The standard InChI is InChI=1S/2C12H12O5/c2*1-8(13)17-10-5-3-9(4-6-12(14)15)7-11(10)16-2/h2*3-7H,1-2H3,(H,14,15). The number of carboxylic acid groups (broad SMARTS) is 2. The van der Waals surface area contributed by atoms with Gasteiger partial charge in [-0.25, -0.2) is 9.59 Å². The number of rotatable bonds is 8. The van der Waals surface area contributed by atoms with E-state index in [1.165, 1.54) is 40.2 Å². The van der Waals surface area contributed by atoms with E-state index < -0.39 is 23.9 Å². The Morgan fingerprint density at radius 3 is 1.26 bits per heavy atom. The van der Waals surface area contributed by atoms with Gasteiger partial charge in [-0.1, -0.05) is 12.1 Å². The number of esters is 2. The first-order valence-corrected chi connectivity index (χ1v) is 9.60. The summed E-state index contributed by atoms with van der Waals surface area (Å²) in [5.41, 5.74) is 1.28. The fraction of sp³-hybridized carbons (Fsp3) is 0.167. The Bertz CT molecular complexity index is 1010. The molecule has 10 nitrogen and oxygen atoms in total. The van der Waals surface area contributed by atoms with Crippen LogP contribution in [0.15, 0.2) is 48.6 Å². The summed E-state index contributed by atoms with van der Waals surface area (Å²) < 4.78 is 19.9. The Morgan fingerprint density at radius 1 is 0.647 bits per heavy atom. The second-order valence-corrected chi connectivity index (χ2v) is 6.35. The van der Waals surface area contributed by atoms with Gasteiger partial charge in [0.25, 0.3) is 0 Å². The van der Waals surface area contributed by atoms with Crippen LogP contribution in [0.2, 0.25) is 0 Å². The van der Waals surface area contributed by atoms with Crippen molar-refractivity contribution in [2.24, 2.45) is 0 Å². The number of carbonyl (C=O) groups excluding carboxylic acids is 2. The number of hydrogen-bond acceptors (Lipinski definition) is 8. The van der Waals surface area contributed by atoms with Gasteiger partial charge in [-0.05, 0) is 47.5 Å². The van der Waals surface area contributed by atoms with Crippen molar-refractivity contribution in [3.8, 4) is 23.0 Å². The van der Waals surface area contributed by atoms with Crippen molar-refractivity contribution < 1.29 is 48.3 Å². The summed E-state index contributed by atoms with van der Waals surface area (Å²) in [6, 6.07) is 9.50. The molecule has 2 rings (SSSR count). The molecule has 0 aliphatic heterocycles. The molecule has 2 aromatic carbocycles. The van der Waals surface area contributed by atoms with E-state index in [2.05, 4.69) is 0 Å². The molecule has 0 aliphatic carbocycles. The van der Waals surface area contributed by atoms with Crippen LogP contribution in [0.25, 0.3) is 12.2 Å². The summed E-state index contributed by atoms with van der Waals surface area (Å²) in [6.07, 6.45) is 4.87. The summed E-state index contributed by atoms with van der Waals surface area (Å²) in [5.74, 6) is -1.63. The number of benzene rings is 2. The minimum Gasteiger partial charge on any atom is -0.493 e. The van der Waals surface area contributed by atoms with Crippen molar-refractivity contribution in [2.45, 2.75) is 13.8 Å². The second kappa shape index (κ2) is 13.7. The molecule has 0 amide bonds. The molecular weight excluding hydrogens is 448 g/mol.